The molecule has 0 bridgehead atoms. The Labute approximate surface area is 174 Å². The van der Waals surface area contributed by atoms with Gasteiger partial charge in [-0.05, 0) is 35.9 Å². The molecular formula is C22H17ClN2O3S. The summed E-state index contributed by atoms with van der Waals surface area (Å²) in [5.41, 5.74) is 1.60. The zero-order valence-electron chi connectivity index (χ0n) is 15.3. The summed E-state index contributed by atoms with van der Waals surface area (Å²) in [5, 5.41) is 0.380. The van der Waals surface area contributed by atoms with Gasteiger partial charge in [-0.2, -0.15) is 0 Å². The van der Waals surface area contributed by atoms with Crippen LogP contribution in [0.5, 0.6) is 5.75 Å². The van der Waals surface area contributed by atoms with E-state index >= 15 is 0 Å². The molecule has 4 aromatic rings. The smallest absolute Gasteiger partial charge is 0.269 e. The van der Waals surface area contributed by atoms with Crippen LogP contribution in [-0.2, 0) is 16.6 Å². The van der Waals surface area contributed by atoms with Gasteiger partial charge in [0.15, 0.2) is 5.82 Å². The molecule has 0 aliphatic carbocycles. The topological polar surface area (TPSA) is 61.2 Å². The number of halogens is 1. The number of rotatable bonds is 6. The standard InChI is InChI=1S/C22H17ClN2O3S/c23-20-15-18(11-12-21(20)28-16-17-7-3-1-4-8-17)22-24-13-14-25(22)29(26,27)19-9-5-2-6-10-19/h1-15H,16H2. The van der Waals surface area contributed by atoms with Crippen LogP contribution in [-0.4, -0.2) is 17.4 Å². The van der Waals surface area contributed by atoms with E-state index in [2.05, 4.69) is 4.98 Å². The zero-order valence-corrected chi connectivity index (χ0v) is 16.8. The lowest BCUT2D eigenvalue weighted by Crippen LogP contribution is -2.13. The molecule has 0 radical (unpaired) electrons. The molecule has 0 saturated heterocycles. The van der Waals surface area contributed by atoms with Crippen molar-refractivity contribution in [1.29, 1.82) is 0 Å². The maximum absolute atomic E-state index is 13.0. The Hall–Kier alpha value is -3.09. The van der Waals surface area contributed by atoms with Crippen molar-refractivity contribution in [2.75, 3.05) is 0 Å². The Bertz CT molecular complexity index is 1220. The first-order chi connectivity index (χ1) is 14.1. The number of aromatic nitrogens is 2. The molecule has 0 saturated carbocycles. The third-order valence-corrected chi connectivity index (χ3v) is 6.31. The lowest BCUT2D eigenvalue weighted by atomic mass is 10.2. The quantitative estimate of drug-likeness (QED) is 0.436. The average Bonchev–Trinajstić information content (AvgIpc) is 3.25. The maximum atomic E-state index is 13.0. The fraction of sp³-hybridized carbons (Fsp3) is 0.0455. The molecule has 7 heteroatoms. The molecule has 0 unspecified atom stereocenters. The first-order valence-corrected chi connectivity index (χ1v) is 10.7. The molecule has 146 valence electrons. The molecule has 0 amide bonds. The number of hydrogen-bond acceptors (Lipinski definition) is 4. The highest BCUT2D eigenvalue weighted by Crippen LogP contribution is 2.31. The Kier molecular flexibility index (Phi) is 5.38. The van der Waals surface area contributed by atoms with E-state index in [1.807, 2.05) is 30.3 Å². The molecule has 0 spiro atoms. The summed E-state index contributed by atoms with van der Waals surface area (Å²) in [6.07, 6.45) is 2.87. The lowest BCUT2D eigenvalue weighted by molar-refractivity contribution is 0.306. The van der Waals surface area contributed by atoms with Crippen molar-refractivity contribution < 1.29 is 13.2 Å². The fourth-order valence-electron chi connectivity index (χ4n) is 2.89. The van der Waals surface area contributed by atoms with Crippen LogP contribution in [0.3, 0.4) is 0 Å². The van der Waals surface area contributed by atoms with Gasteiger partial charge in [0, 0.05) is 18.0 Å². The maximum Gasteiger partial charge on any atom is 0.269 e. The van der Waals surface area contributed by atoms with Crippen molar-refractivity contribution in [2.24, 2.45) is 0 Å². The van der Waals surface area contributed by atoms with Crippen LogP contribution >= 0.6 is 11.6 Å². The highest BCUT2D eigenvalue weighted by Gasteiger charge is 2.21. The average molecular weight is 425 g/mol. The molecule has 5 nitrogen and oxygen atoms in total. The largest absolute Gasteiger partial charge is 0.487 e. The highest BCUT2D eigenvalue weighted by atomic mass is 35.5. The summed E-state index contributed by atoms with van der Waals surface area (Å²) in [6.45, 7) is 0.386. The SMILES string of the molecule is O=S(=O)(c1ccccc1)n1ccnc1-c1ccc(OCc2ccccc2)c(Cl)c1. The van der Waals surface area contributed by atoms with Gasteiger partial charge in [-0.15, -0.1) is 0 Å². The summed E-state index contributed by atoms with van der Waals surface area (Å²) in [6, 6.07) is 23.1. The van der Waals surface area contributed by atoms with Gasteiger partial charge in [0.05, 0.1) is 9.92 Å². The third kappa shape index (κ3) is 4.04. The van der Waals surface area contributed by atoms with Crippen molar-refractivity contribution in [3.8, 4) is 17.1 Å². The van der Waals surface area contributed by atoms with E-state index in [4.69, 9.17) is 16.3 Å². The van der Waals surface area contributed by atoms with E-state index < -0.39 is 10.0 Å². The van der Waals surface area contributed by atoms with Gasteiger partial charge in [-0.1, -0.05) is 60.1 Å². The Morgan fingerprint density at radius 2 is 1.62 bits per heavy atom. The molecule has 0 atom stereocenters. The van der Waals surface area contributed by atoms with Gasteiger partial charge < -0.3 is 4.74 Å². The first-order valence-electron chi connectivity index (χ1n) is 8.86. The van der Waals surface area contributed by atoms with Gasteiger partial charge in [0.2, 0.25) is 0 Å². The van der Waals surface area contributed by atoms with Gasteiger partial charge in [0.1, 0.15) is 12.4 Å². The Morgan fingerprint density at radius 3 is 2.31 bits per heavy atom. The van der Waals surface area contributed by atoms with Crippen molar-refractivity contribution in [3.63, 3.8) is 0 Å². The lowest BCUT2D eigenvalue weighted by Gasteiger charge is -2.12. The van der Waals surface area contributed by atoms with Crippen molar-refractivity contribution in [3.05, 3.63) is 102 Å². The van der Waals surface area contributed by atoms with Crippen LogP contribution in [0.1, 0.15) is 5.56 Å². The summed E-state index contributed by atoms with van der Waals surface area (Å²) in [4.78, 5) is 4.42. The number of benzene rings is 3. The van der Waals surface area contributed by atoms with E-state index in [1.54, 1.807) is 48.5 Å². The minimum atomic E-state index is -3.76. The summed E-state index contributed by atoms with van der Waals surface area (Å²) in [5.74, 6) is 0.800. The second-order valence-corrected chi connectivity index (χ2v) is 8.51. The molecule has 1 aromatic heterocycles. The molecule has 1 heterocycles. The minimum Gasteiger partial charge on any atom is -0.487 e. The summed E-state index contributed by atoms with van der Waals surface area (Å²) in [7, 11) is -3.76. The van der Waals surface area contributed by atoms with Crippen LogP contribution in [0.2, 0.25) is 5.02 Å². The van der Waals surface area contributed by atoms with E-state index in [1.165, 1.54) is 12.4 Å². The molecule has 0 aliphatic rings. The molecule has 4 rings (SSSR count). The number of imidazole rings is 1. The van der Waals surface area contributed by atoms with Crippen LogP contribution < -0.4 is 4.74 Å². The normalized spacial score (nSPS) is 11.3. The van der Waals surface area contributed by atoms with E-state index in [0.29, 0.717) is 22.9 Å². The molecule has 29 heavy (non-hydrogen) atoms. The number of nitrogens with zero attached hydrogens (tertiary/aromatic N) is 2. The predicted octanol–water partition coefficient (Wildman–Crippen LogP) is 5.02. The monoisotopic (exact) mass is 424 g/mol. The van der Waals surface area contributed by atoms with Crippen LogP contribution in [0.4, 0.5) is 0 Å². The zero-order chi connectivity index (χ0) is 20.3. The first kappa shape index (κ1) is 19.2. The van der Waals surface area contributed by atoms with Gasteiger partial charge >= 0.3 is 0 Å². The fourth-order valence-corrected chi connectivity index (χ4v) is 4.44. The van der Waals surface area contributed by atoms with Crippen LogP contribution in [0.15, 0.2) is 96.2 Å². The van der Waals surface area contributed by atoms with Crippen LogP contribution in [0, 0.1) is 0 Å². The molecule has 0 N–H and O–H groups in total. The summed E-state index contributed by atoms with van der Waals surface area (Å²) < 4.78 is 32.9. The predicted molar refractivity (Wildman–Crippen MR) is 112 cm³/mol. The van der Waals surface area contributed by atoms with Crippen molar-refractivity contribution >= 4 is 21.6 Å². The number of ether oxygens (including phenoxy) is 1. The van der Waals surface area contributed by atoms with E-state index in [9.17, 15) is 8.42 Å². The number of hydrogen-bond donors (Lipinski definition) is 0. The molecule has 3 aromatic carbocycles. The van der Waals surface area contributed by atoms with E-state index in [0.717, 1.165) is 9.54 Å². The van der Waals surface area contributed by atoms with Gasteiger partial charge in [-0.3, -0.25) is 0 Å². The molecule has 0 fully saturated rings. The Balaban J connectivity index is 1.62. The molecular weight excluding hydrogens is 408 g/mol. The molecule has 0 aliphatic heterocycles. The second kappa shape index (κ2) is 8.11. The highest BCUT2D eigenvalue weighted by molar-refractivity contribution is 7.90. The van der Waals surface area contributed by atoms with Gasteiger partial charge in [-0.25, -0.2) is 17.4 Å². The second-order valence-electron chi connectivity index (χ2n) is 6.28. The van der Waals surface area contributed by atoms with Crippen LogP contribution in [0.25, 0.3) is 11.4 Å². The summed E-state index contributed by atoms with van der Waals surface area (Å²) >= 11 is 6.38. The minimum absolute atomic E-state index is 0.188. The van der Waals surface area contributed by atoms with E-state index in [-0.39, 0.29) is 10.7 Å². The third-order valence-electron chi connectivity index (χ3n) is 4.33. The van der Waals surface area contributed by atoms with Crippen molar-refractivity contribution in [2.45, 2.75) is 11.5 Å². The van der Waals surface area contributed by atoms with Gasteiger partial charge in [0.25, 0.3) is 10.0 Å². The Morgan fingerprint density at radius 1 is 0.931 bits per heavy atom. The van der Waals surface area contributed by atoms with Crippen molar-refractivity contribution in [1.82, 2.24) is 8.96 Å².